The Hall–Kier alpha value is -0.620. The lowest BCUT2D eigenvalue weighted by molar-refractivity contribution is 1.04. The van der Waals surface area contributed by atoms with E-state index in [4.69, 9.17) is 0 Å². The highest BCUT2D eigenvalue weighted by molar-refractivity contribution is 9.10. The number of rotatable bonds is 1. The van der Waals surface area contributed by atoms with Gasteiger partial charge in [0.1, 0.15) is 20.6 Å². The predicted octanol–water partition coefficient (Wildman–Crippen LogP) is 2.32. The number of aromatic amines is 2. The van der Waals surface area contributed by atoms with Crippen LogP contribution < -0.4 is 0 Å². The molecule has 0 aliphatic heterocycles. The Balaban J connectivity index is 2.43. The van der Waals surface area contributed by atoms with E-state index in [1.807, 2.05) is 12.1 Å². The van der Waals surface area contributed by atoms with Crippen molar-refractivity contribution in [1.82, 2.24) is 20.4 Å². The van der Waals surface area contributed by atoms with E-state index in [9.17, 15) is 0 Å². The molecule has 0 radical (unpaired) electrons. The third-order valence-electron chi connectivity index (χ3n) is 1.36. The smallest absolute Gasteiger partial charge is 0.114 e. The Morgan fingerprint density at radius 3 is 1.58 bits per heavy atom. The van der Waals surface area contributed by atoms with Crippen LogP contribution in [0.2, 0.25) is 0 Å². The van der Waals surface area contributed by atoms with Gasteiger partial charge in [-0.25, -0.2) is 0 Å². The van der Waals surface area contributed by atoms with Gasteiger partial charge in [-0.3, -0.25) is 10.2 Å². The summed E-state index contributed by atoms with van der Waals surface area (Å²) in [5.74, 6) is 0. The molecular weight excluding hydrogens is 288 g/mol. The number of nitrogens with zero attached hydrogens (tertiary/aromatic N) is 2. The van der Waals surface area contributed by atoms with Crippen molar-refractivity contribution >= 4 is 31.9 Å². The van der Waals surface area contributed by atoms with E-state index in [2.05, 4.69) is 52.3 Å². The van der Waals surface area contributed by atoms with E-state index in [1.54, 1.807) is 0 Å². The highest BCUT2D eigenvalue weighted by Crippen LogP contribution is 2.20. The Labute approximate surface area is 85.0 Å². The first-order chi connectivity index (χ1) is 5.75. The molecule has 2 heterocycles. The summed E-state index contributed by atoms with van der Waals surface area (Å²) in [6.45, 7) is 0. The van der Waals surface area contributed by atoms with Gasteiger partial charge in [-0.15, -0.1) is 0 Å². The fourth-order valence-corrected chi connectivity index (χ4v) is 1.47. The molecule has 2 aromatic heterocycles. The summed E-state index contributed by atoms with van der Waals surface area (Å²) < 4.78 is 1.69. The number of halogens is 2. The first kappa shape index (κ1) is 8.00. The van der Waals surface area contributed by atoms with Gasteiger partial charge in [0.2, 0.25) is 0 Å². The van der Waals surface area contributed by atoms with Gasteiger partial charge in [-0.2, -0.15) is 10.2 Å². The largest absolute Gasteiger partial charge is 0.271 e. The molecule has 0 aromatic carbocycles. The Bertz CT molecular complexity index is 353. The SMILES string of the molecule is Brc1cc(-c2cc(Br)[nH]n2)n[nH]1. The Morgan fingerprint density at radius 2 is 1.33 bits per heavy atom. The molecule has 6 heteroatoms. The minimum Gasteiger partial charge on any atom is -0.271 e. The average Bonchev–Trinajstić information content (AvgIpc) is 2.58. The molecule has 0 spiro atoms. The van der Waals surface area contributed by atoms with Crippen molar-refractivity contribution in [2.24, 2.45) is 0 Å². The van der Waals surface area contributed by atoms with Gasteiger partial charge in [-0.1, -0.05) is 0 Å². The lowest BCUT2D eigenvalue weighted by atomic mass is 10.3. The maximum atomic E-state index is 4.02. The number of aromatic nitrogens is 4. The quantitative estimate of drug-likeness (QED) is 0.847. The first-order valence-corrected chi connectivity index (χ1v) is 4.76. The molecule has 0 saturated carbocycles. The van der Waals surface area contributed by atoms with Crippen LogP contribution >= 0.6 is 31.9 Å². The lowest BCUT2D eigenvalue weighted by Gasteiger charge is -1.82. The summed E-state index contributed by atoms with van der Waals surface area (Å²) in [5.41, 5.74) is 1.62. The topological polar surface area (TPSA) is 57.4 Å². The molecule has 62 valence electrons. The minimum absolute atomic E-state index is 0.809. The van der Waals surface area contributed by atoms with Gasteiger partial charge in [0.25, 0.3) is 0 Å². The fourth-order valence-electron chi connectivity index (χ4n) is 0.859. The normalized spacial score (nSPS) is 10.5. The van der Waals surface area contributed by atoms with Crippen LogP contribution in [0.15, 0.2) is 21.3 Å². The Morgan fingerprint density at radius 1 is 0.917 bits per heavy atom. The highest BCUT2D eigenvalue weighted by atomic mass is 79.9. The second-order valence-electron chi connectivity index (χ2n) is 2.20. The zero-order chi connectivity index (χ0) is 8.55. The summed E-state index contributed by atoms with van der Waals surface area (Å²) in [6.07, 6.45) is 0. The molecule has 0 saturated heterocycles. The molecule has 12 heavy (non-hydrogen) atoms. The third-order valence-corrected chi connectivity index (χ3v) is 2.17. The van der Waals surface area contributed by atoms with Crippen LogP contribution in [-0.2, 0) is 0 Å². The van der Waals surface area contributed by atoms with E-state index < -0.39 is 0 Å². The van der Waals surface area contributed by atoms with Crippen LogP contribution in [0, 0.1) is 0 Å². The molecule has 0 atom stereocenters. The summed E-state index contributed by atoms with van der Waals surface area (Å²) >= 11 is 6.54. The second-order valence-corrected chi connectivity index (χ2v) is 3.91. The molecule has 0 fully saturated rings. The molecular formula is C6H4Br2N4. The van der Waals surface area contributed by atoms with Crippen molar-refractivity contribution in [3.8, 4) is 11.4 Å². The van der Waals surface area contributed by atoms with Crippen molar-refractivity contribution < 1.29 is 0 Å². The summed E-state index contributed by atoms with van der Waals surface area (Å²) in [5, 5.41) is 13.6. The number of H-pyrrole nitrogens is 2. The summed E-state index contributed by atoms with van der Waals surface area (Å²) in [4.78, 5) is 0. The van der Waals surface area contributed by atoms with Crippen LogP contribution in [0.25, 0.3) is 11.4 Å². The van der Waals surface area contributed by atoms with E-state index in [0.29, 0.717) is 0 Å². The Kier molecular flexibility index (Phi) is 2.02. The van der Waals surface area contributed by atoms with E-state index in [-0.39, 0.29) is 0 Å². The minimum atomic E-state index is 0.809. The number of nitrogens with one attached hydrogen (secondary N) is 2. The maximum absolute atomic E-state index is 4.02. The van der Waals surface area contributed by atoms with E-state index in [0.717, 1.165) is 20.6 Å². The van der Waals surface area contributed by atoms with Crippen molar-refractivity contribution in [2.75, 3.05) is 0 Å². The zero-order valence-corrected chi connectivity index (χ0v) is 8.98. The van der Waals surface area contributed by atoms with Gasteiger partial charge in [0, 0.05) is 0 Å². The van der Waals surface area contributed by atoms with Crippen LogP contribution in [0.3, 0.4) is 0 Å². The molecule has 4 nitrogen and oxygen atoms in total. The molecule has 2 aromatic rings. The van der Waals surface area contributed by atoms with Crippen LogP contribution in [0.1, 0.15) is 0 Å². The number of hydrogen-bond donors (Lipinski definition) is 2. The van der Waals surface area contributed by atoms with E-state index in [1.165, 1.54) is 0 Å². The van der Waals surface area contributed by atoms with Crippen molar-refractivity contribution in [2.45, 2.75) is 0 Å². The van der Waals surface area contributed by atoms with Crippen LogP contribution in [0.4, 0.5) is 0 Å². The van der Waals surface area contributed by atoms with Crippen molar-refractivity contribution in [3.05, 3.63) is 21.3 Å². The van der Waals surface area contributed by atoms with Gasteiger partial charge in [0.15, 0.2) is 0 Å². The molecule has 0 unspecified atom stereocenters. The van der Waals surface area contributed by atoms with Crippen molar-refractivity contribution in [1.29, 1.82) is 0 Å². The molecule has 0 aliphatic carbocycles. The molecule has 0 aliphatic rings. The zero-order valence-electron chi connectivity index (χ0n) is 5.81. The summed E-state index contributed by atoms with van der Waals surface area (Å²) in [6, 6.07) is 3.73. The average molecular weight is 292 g/mol. The van der Waals surface area contributed by atoms with Gasteiger partial charge < -0.3 is 0 Å². The number of hydrogen-bond acceptors (Lipinski definition) is 2. The van der Waals surface area contributed by atoms with Crippen LogP contribution in [0.5, 0.6) is 0 Å². The van der Waals surface area contributed by atoms with E-state index >= 15 is 0 Å². The standard InChI is InChI=1S/C6H4Br2N4/c7-5-1-3(9-11-5)4-2-6(8)12-10-4/h1-2H,(H,9,11)(H,10,12). The van der Waals surface area contributed by atoms with Crippen LogP contribution in [-0.4, -0.2) is 20.4 Å². The first-order valence-electron chi connectivity index (χ1n) is 3.18. The van der Waals surface area contributed by atoms with Crippen molar-refractivity contribution in [3.63, 3.8) is 0 Å². The second kappa shape index (κ2) is 3.02. The molecule has 2 rings (SSSR count). The molecule has 2 N–H and O–H groups in total. The molecule has 0 bridgehead atoms. The van der Waals surface area contributed by atoms with Gasteiger partial charge in [0.05, 0.1) is 0 Å². The lowest BCUT2D eigenvalue weighted by Crippen LogP contribution is -1.76. The monoisotopic (exact) mass is 290 g/mol. The molecule has 0 amide bonds. The third kappa shape index (κ3) is 1.44. The maximum Gasteiger partial charge on any atom is 0.114 e. The predicted molar refractivity (Wildman–Crippen MR) is 51.6 cm³/mol. The summed E-state index contributed by atoms with van der Waals surface area (Å²) in [7, 11) is 0. The van der Waals surface area contributed by atoms with Gasteiger partial charge in [-0.05, 0) is 44.0 Å². The highest BCUT2D eigenvalue weighted by Gasteiger charge is 2.05. The fraction of sp³-hybridized carbons (Fsp3) is 0. The van der Waals surface area contributed by atoms with Gasteiger partial charge >= 0.3 is 0 Å².